The number of carbonyl (C=O) groups is 1. The highest BCUT2D eigenvalue weighted by atomic mass is 32.1. The number of nitrogens with one attached hydrogen (secondary N) is 1. The zero-order chi connectivity index (χ0) is 13.8. The number of thiocarbonyl (C=S) groups is 1. The molecule has 0 spiro atoms. The first kappa shape index (κ1) is 13.6. The third-order valence-corrected chi connectivity index (χ3v) is 3.49. The van der Waals surface area contributed by atoms with Crippen LogP contribution in [0.25, 0.3) is 0 Å². The maximum absolute atomic E-state index is 10.9. The molecule has 19 heavy (non-hydrogen) atoms. The molecule has 0 saturated carbocycles. The normalized spacial score (nSPS) is 16.1. The number of hydrogen-bond donors (Lipinski definition) is 3. The lowest BCUT2D eigenvalue weighted by atomic mass is 9.89. The van der Waals surface area contributed by atoms with Gasteiger partial charge >= 0.3 is 6.09 Å². The number of nitrogens with zero attached hydrogens (tertiary/aromatic N) is 1. The molecule has 6 heteroatoms. The van der Waals surface area contributed by atoms with Crippen LogP contribution in [0.3, 0.4) is 0 Å². The minimum atomic E-state index is -0.831. The van der Waals surface area contributed by atoms with Gasteiger partial charge < -0.3 is 21.1 Å². The lowest BCUT2D eigenvalue weighted by Crippen LogP contribution is -2.36. The molecule has 0 unspecified atom stereocenters. The quantitative estimate of drug-likeness (QED) is 0.723. The van der Waals surface area contributed by atoms with Gasteiger partial charge in [-0.05, 0) is 48.7 Å². The standard InChI is InChI=1S/C13H17N3O2S/c14-12(19)15-11-3-1-2-10(8-11)9-4-6-16(7-5-9)13(17)18/h1-3,8-9H,4-7H2,(H,17,18)(H3,14,15,19). The molecule has 1 aromatic rings. The molecule has 1 saturated heterocycles. The molecular weight excluding hydrogens is 262 g/mol. The number of likely N-dealkylation sites (tertiary alicyclic amines) is 1. The fourth-order valence-electron chi connectivity index (χ4n) is 2.42. The molecule has 1 aromatic carbocycles. The molecule has 0 aromatic heterocycles. The average molecular weight is 279 g/mol. The Morgan fingerprint density at radius 1 is 1.42 bits per heavy atom. The fraction of sp³-hybridized carbons (Fsp3) is 0.385. The monoisotopic (exact) mass is 279 g/mol. The van der Waals surface area contributed by atoms with Gasteiger partial charge in [-0.1, -0.05) is 12.1 Å². The van der Waals surface area contributed by atoms with E-state index in [2.05, 4.69) is 11.4 Å². The third kappa shape index (κ3) is 3.57. The fourth-order valence-corrected chi connectivity index (χ4v) is 2.53. The van der Waals surface area contributed by atoms with Crippen molar-refractivity contribution in [3.05, 3.63) is 29.8 Å². The first-order valence-electron chi connectivity index (χ1n) is 6.20. The summed E-state index contributed by atoms with van der Waals surface area (Å²) in [5, 5.41) is 12.1. The van der Waals surface area contributed by atoms with Gasteiger partial charge in [0, 0.05) is 18.8 Å². The molecule has 1 amide bonds. The highest BCUT2D eigenvalue weighted by Gasteiger charge is 2.23. The smallest absolute Gasteiger partial charge is 0.407 e. The van der Waals surface area contributed by atoms with Crippen LogP contribution in [0.2, 0.25) is 0 Å². The van der Waals surface area contributed by atoms with Gasteiger partial charge in [-0.25, -0.2) is 4.79 Å². The molecule has 0 atom stereocenters. The predicted octanol–water partition coefficient (Wildman–Crippen LogP) is 2.20. The zero-order valence-electron chi connectivity index (χ0n) is 10.5. The highest BCUT2D eigenvalue weighted by Crippen LogP contribution is 2.29. The molecule has 1 aliphatic heterocycles. The summed E-state index contributed by atoms with van der Waals surface area (Å²) in [5.41, 5.74) is 7.53. The molecule has 0 radical (unpaired) electrons. The Balaban J connectivity index is 2.03. The Labute approximate surface area is 117 Å². The molecule has 102 valence electrons. The van der Waals surface area contributed by atoms with Crippen LogP contribution >= 0.6 is 12.2 Å². The van der Waals surface area contributed by atoms with Crippen molar-refractivity contribution in [3.63, 3.8) is 0 Å². The van der Waals surface area contributed by atoms with Gasteiger partial charge in [0.25, 0.3) is 0 Å². The maximum Gasteiger partial charge on any atom is 0.407 e. The van der Waals surface area contributed by atoms with Crippen LogP contribution in [-0.4, -0.2) is 34.3 Å². The van der Waals surface area contributed by atoms with Gasteiger partial charge in [0.05, 0.1) is 0 Å². The van der Waals surface area contributed by atoms with Crippen LogP contribution < -0.4 is 11.1 Å². The molecule has 5 nitrogen and oxygen atoms in total. The van der Waals surface area contributed by atoms with Gasteiger partial charge in [0.15, 0.2) is 5.11 Å². The van der Waals surface area contributed by atoms with E-state index in [9.17, 15) is 4.79 Å². The zero-order valence-corrected chi connectivity index (χ0v) is 11.3. The van der Waals surface area contributed by atoms with Crippen molar-refractivity contribution in [1.82, 2.24) is 4.90 Å². The van der Waals surface area contributed by atoms with Crippen LogP contribution in [-0.2, 0) is 0 Å². The lowest BCUT2D eigenvalue weighted by Gasteiger charge is -2.30. The molecule has 4 N–H and O–H groups in total. The first-order valence-corrected chi connectivity index (χ1v) is 6.61. The van der Waals surface area contributed by atoms with Crippen LogP contribution in [0.15, 0.2) is 24.3 Å². The maximum atomic E-state index is 10.9. The number of benzene rings is 1. The second-order valence-electron chi connectivity index (χ2n) is 4.66. The summed E-state index contributed by atoms with van der Waals surface area (Å²) in [5.74, 6) is 0.392. The number of hydrogen-bond acceptors (Lipinski definition) is 2. The SMILES string of the molecule is NC(=S)Nc1cccc(C2CCN(C(=O)O)CC2)c1. The summed E-state index contributed by atoms with van der Waals surface area (Å²) in [6, 6.07) is 7.96. The summed E-state index contributed by atoms with van der Waals surface area (Å²) in [4.78, 5) is 12.3. The van der Waals surface area contributed by atoms with Crippen molar-refractivity contribution in [3.8, 4) is 0 Å². The summed E-state index contributed by atoms with van der Waals surface area (Å²) in [6.07, 6.45) is 0.869. The van der Waals surface area contributed by atoms with Gasteiger partial charge in [0.1, 0.15) is 0 Å². The Hall–Kier alpha value is -1.82. The minimum absolute atomic E-state index is 0.248. The molecule has 1 aliphatic rings. The van der Waals surface area contributed by atoms with Crippen molar-refractivity contribution in [2.24, 2.45) is 5.73 Å². The number of nitrogens with two attached hydrogens (primary N) is 1. The molecule has 1 fully saturated rings. The van der Waals surface area contributed by atoms with Gasteiger partial charge in [-0.2, -0.15) is 0 Å². The second kappa shape index (κ2) is 5.88. The highest BCUT2D eigenvalue weighted by molar-refractivity contribution is 7.80. The summed E-state index contributed by atoms with van der Waals surface area (Å²) in [6.45, 7) is 1.18. The van der Waals surface area contributed by atoms with E-state index >= 15 is 0 Å². The molecule has 0 aliphatic carbocycles. The van der Waals surface area contributed by atoms with Gasteiger partial charge in [0.2, 0.25) is 0 Å². The summed E-state index contributed by atoms with van der Waals surface area (Å²) >= 11 is 4.82. The van der Waals surface area contributed by atoms with E-state index in [1.165, 1.54) is 10.5 Å². The predicted molar refractivity (Wildman–Crippen MR) is 78.4 cm³/mol. The molecule has 0 bridgehead atoms. The first-order chi connectivity index (χ1) is 9.06. The van der Waals surface area contributed by atoms with Crippen LogP contribution in [0.1, 0.15) is 24.3 Å². The minimum Gasteiger partial charge on any atom is -0.465 e. The summed E-state index contributed by atoms with van der Waals surface area (Å²) in [7, 11) is 0. The van der Waals surface area contributed by atoms with Crippen LogP contribution in [0.5, 0.6) is 0 Å². The van der Waals surface area contributed by atoms with E-state index < -0.39 is 6.09 Å². The van der Waals surface area contributed by atoms with Crippen molar-refractivity contribution in [2.75, 3.05) is 18.4 Å². The van der Waals surface area contributed by atoms with E-state index in [1.54, 1.807) is 0 Å². The number of anilines is 1. The number of carboxylic acid groups (broad SMARTS) is 1. The molecule has 2 rings (SSSR count). The van der Waals surface area contributed by atoms with E-state index in [-0.39, 0.29) is 5.11 Å². The Kier molecular flexibility index (Phi) is 4.21. The van der Waals surface area contributed by atoms with E-state index in [1.807, 2.05) is 18.2 Å². The van der Waals surface area contributed by atoms with E-state index in [0.717, 1.165) is 18.5 Å². The van der Waals surface area contributed by atoms with Gasteiger partial charge in [-0.3, -0.25) is 0 Å². The van der Waals surface area contributed by atoms with Gasteiger partial charge in [-0.15, -0.1) is 0 Å². The number of rotatable bonds is 2. The lowest BCUT2D eigenvalue weighted by molar-refractivity contribution is 0.132. The van der Waals surface area contributed by atoms with E-state index in [4.69, 9.17) is 23.1 Å². The Morgan fingerprint density at radius 3 is 2.68 bits per heavy atom. The van der Waals surface area contributed by atoms with Crippen LogP contribution in [0, 0.1) is 0 Å². The van der Waals surface area contributed by atoms with Crippen molar-refractivity contribution >= 4 is 29.1 Å². The Bertz CT molecular complexity index is 485. The summed E-state index contributed by atoms with van der Waals surface area (Å²) < 4.78 is 0. The average Bonchev–Trinajstić information content (AvgIpc) is 2.38. The largest absolute Gasteiger partial charge is 0.465 e. The van der Waals surface area contributed by atoms with Crippen molar-refractivity contribution < 1.29 is 9.90 Å². The van der Waals surface area contributed by atoms with Crippen molar-refractivity contribution in [2.45, 2.75) is 18.8 Å². The molecule has 1 heterocycles. The Morgan fingerprint density at radius 2 is 2.11 bits per heavy atom. The number of amides is 1. The number of piperidine rings is 1. The van der Waals surface area contributed by atoms with Crippen LogP contribution in [0.4, 0.5) is 10.5 Å². The second-order valence-corrected chi connectivity index (χ2v) is 5.10. The van der Waals surface area contributed by atoms with E-state index in [0.29, 0.717) is 19.0 Å². The topological polar surface area (TPSA) is 78.6 Å². The third-order valence-electron chi connectivity index (χ3n) is 3.39. The molecular formula is C13H17N3O2S. The van der Waals surface area contributed by atoms with Crippen molar-refractivity contribution in [1.29, 1.82) is 0 Å².